The summed E-state index contributed by atoms with van der Waals surface area (Å²) in [6.07, 6.45) is 5.35. The van der Waals surface area contributed by atoms with Gasteiger partial charge in [-0.25, -0.2) is 0 Å². The highest BCUT2D eigenvalue weighted by Gasteiger charge is 2.26. The van der Waals surface area contributed by atoms with Crippen molar-refractivity contribution in [2.75, 3.05) is 13.1 Å². The van der Waals surface area contributed by atoms with Crippen molar-refractivity contribution < 1.29 is 14.4 Å². The summed E-state index contributed by atoms with van der Waals surface area (Å²) >= 11 is 0. The Morgan fingerprint density at radius 3 is 2.36 bits per heavy atom. The van der Waals surface area contributed by atoms with Gasteiger partial charge in [-0.05, 0) is 30.7 Å². The maximum atomic E-state index is 12.1. The fourth-order valence-electron chi connectivity index (χ4n) is 3.26. The summed E-state index contributed by atoms with van der Waals surface area (Å²) in [4.78, 5) is 34.4. The van der Waals surface area contributed by atoms with E-state index in [0.717, 1.165) is 25.7 Å². The zero-order chi connectivity index (χ0) is 18.1. The largest absolute Gasteiger partial charge is 0.352 e. The second kappa shape index (κ2) is 9.81. The first kappa shape index (κ1) is 19.0. The van der Waals surface area contributed by atoms with Crippen LogP contribution in [0.1, 0.15) is 38.2 Å². The summed E-state index contributed by atoms with van der Waals surface area (Å²) < 4.78 is 0. The van der Waals surface area contributed by atoms with Crippen LogP contribution in [-0.2, 0) is 20.8 Å². The molecule has 1 aliphatic carbocycles. The highest BCUT2D eigenvalue weighted by molar-refractivity contribution is 5.87. The molecule has 1 fully saturated rings. The molecule has 3 amide bonds. The molecule has 2 atom stereocenters. The minimum Gasteiger partial charge on any atom is -0.352 e. The molecule has 3 N–H and O–H groups in total. The van der Waals surface area contributed by atoms with Gasteiger partial charge in [-0.15, -0.1) is 0 Å². The van der Waals surface area contributed by atoms with Crippen molar-refractivity contribution in [3.63, 3.8) is 0 Å². The third-order valence-corrected chi connectivity index (χ3v) is 4.54. The monoisotopic (exact) mass is 345 g/mol. The number of benzene rings is 1. The lowest BCUT2D eigenvalue weighted by Gasteiger charge is -2.32. The van der Waals surface area contributed by atoms with Crippen LogP contribution in [-0.4, -0.2) is 36.9 Å². The van der Waals surface area contributed by atoms with Gasteiger partial charge in [-0.3, -0.25) is 14.4 Å². The molecule has 0 spiro atoms. The number of carbonyl (C=O) groups excluding carboxylic acids is 3. The summed E-state index contributed by atoms with van der Waals surface area (Å²) in [5.41, 5.74) is 1.29. The zero-order valence-corrected chi connectivity index (χ0v) is 14.7. The Hall–Kier alpha value is -2.37. The van der Waals surface area contributed by atoms with Gasteiger partial charge in [0, 0.05) is 13.0 Å². The van der Waals surface area contributed by atoms with E-state index in [4.69, 9.17) is 0 Å². The Morgan fingerprint density at radius 1 is 0.960 bits per heavy atom. The molecule has 2 unspecified atom stereocenters. The Kier molecular flexibility index (Phi) is 7.44. The molecular formula is C19H27N3O3. The van der Waals surface area contributed by atoms with Crippen molar-refractivity contribution in [3.05, 3.63) is 35.9 Å². The lowest BCUT2D eigenvalue weighted by Crippen LogP contribution is -2.47. The van der Waals surface area contributed by atoms with E-state index in [1.165, 1.54) is 18.9 Å². The smallest absolute Gasteiger partial charge is 0.239 e. The Balaban J connectivity index is 1.79. The molecule has 6 heteroatoms. The fourth-order valence-corrected chi connectivity index (χ4v) is 3.26. The molecule has 2 rings (SSSR count). The van der Waals surface area contributed by atoms with Crippen LogP contribution in [0, 0.1) is 5.92 Å². The molecule has 0 heterocycles. The maximum Gasteiger partial charge on any atom is 0.239 e. The molecule has 1 aromatic rings. The Bertz CT molecular complexity index is 589. The van der Waals surface area contributed by atoms with Gasteiger partial charge in [0.15, 0.2) is 0 Å². The SMILES string of the molecule is CC(=O)NCC(=O)NCC(=O)NC1CCCCC1Cc1ccccc1. The van der Waals surface area contributed by atoms with E-state index in [9.17, 15) is 14.4 Å². The molecule has 0 radical (unpaired) electrons. The fraction of sp³-hybridized carbons (Fsp3) is 0.526. The van der Waals surface area contributed by atoms with Gasteiger partial charge in [0.2, 0.25) is 17.7 Å². The normalized spacial score (nSPS) is 19.7. The van der Waals surface area contributed by atoms with E-state index in [0.29, 0.717) is 5.92 Å². The van der Waals surface area contributed by atoms with Crippen molar-refractivity contribution >= 4 is 17.7 Å². The number of amides is 3. The zero-order valence-electron chi connectivity index (χ0n) is 14.7. The topological polar surface area (TPSA) is 87.3 Å². The van der Waals surface area contributed by atoms with Gasteiger partial charge in [0.1, 0.15) is 0 Å². The van der Waals surface area contributed by atoms with Crippen LogP contribution >= 0.6 is 0 Å². The minimum atomic E-state index is -0.366. The molecule has 0 saturated heterocycles. The van der Waals surface area contributed by atoms with Crippen molar-refractivity contribution in [1.29, 1.82) is 0 Å². The van der Waals surface area contributed by atoms with Gasteiger partial charge in [-0.1, -0.05) is 43.2 Å². The highest BCUT2D eigenvalue weighted by atomic mass is 16.2. The van der Waals surface area contributed by atoms with Gasteiger partial charge in [0.25, 0.3) is 0 Å². The average Bonchev–Trinajstić information content (AvgIpc) is 2.61. The van der Waals surface area contributed by atoms with Crippen LogP contribution in [0.4, 0.5) is 0 Å². The van der Waals surface area contributed by atoms with Crippen molar-refractivity contribution in [3.8, 4) is 0 Å². The van der Waals surface area contributed by atoms with Crippen LogP contribution in [0.3, 0.4) is 0 Å². The molecule has 0 aliphatic heterocycles. The van der Waals surface area contributed by atoms with Crippen molar-refractivity contribution in [2.45, 2.75) is 45.1 Å². The van der Waals surface area contributed by atoms with Crippen molar-refractivity contribution in [2.24, 2.45) is 5.92 Å². The molecule has 1 saturated carbocycles. The van der Waals surface area contributed by atoms with E-state index < -0.39 is 0 Å². The first-order valence-electron chi connectivity index (χ1n) is 8.89. The lowest BCUT2D eigenvalue weighted by molar-refractivity contribution is -0.127. The van der Waals surface area contributed by atoms with Crippen LogP contribution in [0.2, 0.25) is 0 Å². The standard InChI is InChI=1S/C19H27N3O3/c1-14(23)20-12-18(24)21-13-19(25)22-17-10-6-5-9-16(17)11-15-7-3-2-4-8-15/h2-4,7-8,16-17H,5-6,9-13H2,1H3,(H,20,23)(H,21,24)(H,22,25). The van der Waals surface area contributed by atoms with E-state index in [2.05, 4.69) is 28.1 Å². The molecule has 0 aromatic heterocycles. The van der Waals surface area contributed by atoms with Crippen LogP contribution in [0.15, 0.2) is 30.3 Å². The van der Waals surface area contributed by atoms with E-state index in [1.807, 2.05) is 18.2 Å². The second-order valence-corrected chi connectivity index (χ2v) is 6.59. The van der Waals surface area contributed by atoms with E-state index in [1.54, 1.807) is 0 Å². The Labute approximate surface area is 148 Å². The maximum absolute atomic E-state index is 12.1. The number of hydrogen-bond donors (Lipinski definition) is 3. The van der Waals surface area contributed by atoms with Gasteiger partial charge >= 0.3 is 0 Å². The quantitative estimate of drug-likeness (QED) is 0.693. The summed E-state index contributed by atoms with van der Waals surface area (Å²) in [6.45, 7) is 1.17. The highest BCUT2D eigenvalue weighted by Crippen LogP contribution is 2.27. The Morgan fingerprint density at radius 2 is 1.64 bits per heavy atom. The average molecular weight is 345 g/mol. The number of hydrogen-bond acceptors (Lipinski definition) is 3. The molecule has 136 valence electrons. The number of nitrogens with one attached hydrogen (secondary N) is 3. The molecule has 25 heavy (non-hydrogen) atoms. The summed E-state index contributed by atoms with van der Waals surface area (Å²) in [6, 6.07) is 10.5. The predicted octanol–water partition coefficient (Wildman–Crippen LogP) is 1.16. The predicted molar refractivity (Wildman–Crippen MR) is 95.7 cm³/mol. The third-order valence-electron chi connectivity index (χ3n) is 4.54. The summed E-state index contributed by atoms with van der Waals surface area (Å²) in [5.74, 6) is -0.392. The first-order chi connectivity index (χ1) is 12.0. The number of carbonyl (C=O) groups is 3. The molecule has 0 bridgehead atoms. The van der Waals surface area contributed by atoms with Gasteiger partial charge in [0.05, 0.1) is 13.1 Å². The third kappa shape index (κ3) is 6.95. The van der Waals surface area contributed by atoms with Gasteiger partial charge in [-0.2, -0.15) is 0 Å². The van der Waals surface area contributed by atoms with Crippen LogP contribution < -0.4 is 16.0 Å². The molecular weight excluding hydrogens is 318 g/mol. The van der Waals surface area contributed by atoms with Crippen LogP contribution in [0.5, 0.6) is 0 Å². The molecule has 1 aromatic carbocycles. The lowest BCUT2D eigenvalue weighted by atomic mass is 9.80. The number of rotatable bonds is 7. The minimum absolute atomic E-state index is 0.0625. The van der Waals surface area contributed by atoms with E-state index in [-0.39, 0.29) is 36.9 Å². The summed E-state index contributed by atoms with van der Waals surface area (Å²) in [7, 11) is 0. The first-order valence-corrected chi connectivity index (χ1v) is 8.89. The van der Waals surface area contributed by atoms with Gasteiger partial charge < -0.3 is 16.0 Å². The molecule has 1 aliphatic rings. The van der Waals surface area contributed by atoms with Crippen LogP contribution in [0.25, 0.3) is 0 Å². The van der Waals surface area contributed by atoms with Crippen molar-refractivity contribution in [1.82, 2.24) is 16.0 Å². The summed E-state index contributed by atoms with van der Waals surface area (Å²) in [5, 5.41) is 8.00. The van der Waals surface area contributed by atoms with E-state index >= 15 is 0 Å². The molecule has 6 nitrogen and oxygen atoms in total. The second-order valence-electron chi connectivity index (χ2n) is 6.59.